The molecule has 0 bridgehead atoms. The molecule has 34 heavy (non-hydrogen) atoms. The van der Waals surface area contributed by atoms with E-state index in [-0.39, 0.29) is 17.3 Å². The summed E-state index contributed by atoms with van der Waals surface area (Å²) in [6.45, 7) is 4.92. The second-order valence-electron chi connectivity index (χ2n) is 7.23. The first-order chi connectivity index (χ1) is 16.3. The number of hydrogen-bond acceptors (Lipinski definition) is 6. The number of benzene rings is 2. The molecular formula is C24H26N4O5S. The molecule has 1 aromatic heterocycles. The molecule has 2 amide bonds. The van der Waals surface area contributed by atoms with Crippen LogP contribution in [0.3, 0.4) is 0 Å². The molecule has 3 aromatic rings. The topological polar surface area (TPSA) is 118 Å². The number of pyridine rings is 1. The van der Waals surface area contributed by atoms with Gasteiger partial charge in [-0.25, -0.2) is 17.9 Å². The molecule has 0 radical (unpaired) electrons. The van der Waals surface area contributed by atoms with Gasteiger partial charge in [0.15, 0.2) is 0 Å². The van der Waals surface area contributed by atoms with E-state index in [0.717, 1.165) is 5.56 Å². The normalized spacial score (nSPS) is 11.0. The van der Waals surface area contributed by atoms with Crippen molar-refractivity contribution in [1.82, 2.24) is 14.6 Å². The van der Waals surface area contributed by atoms with Gasteiger partial charge in [0.1, 0.15) is 10.6 Å². The van der Waals surface area contributed by atoms with E-state index in [1.807, 2.05) is 13.8 Å². The van der Waals surface area contributed by atoms with Gasteiger partial charge < -0.3 is 15.0 Å². The quantitative estimate of drug-likeness (QED) is 0.481. The van der Waals surface area contributed by atoms with Crippen LogP contribution in [0.25, 0.3) is 0 Å². The molecule has 0 aliphatic carbocycles. The third kappa shape index (κ3) is 6.63. The third-order valence-electron chi connectivity index (χ3n) is 4.97. The number of aromatic nitrogens is 1. The predicted octanol–water partition coefficient (Wildman–Crippen LogP) is 3.65. The van der Waals surface area contributed by atoms with Crippen molar-refractivity contribution in [2.45, 2.75) is 25.3 Å². The lowest BCUT2D eigenvalue weighted by Gasteiger charge is -2.17. The summed E-state index contributed by atoms with van der Waals surface area (Å²) < 4.78 is 32.4. The Morgan fingerprint density at radius 1 is 0.971 bits per heavy atom. The fourth-order valence-corrected chi connectivity index (χ4v) is 3.98. The molecule has 10 heteroatoms. The first kappa shape index (κ1) is 24.9. The van der Waals surface area contributed by atoms with Gasteiger partial charge in [0.25, 0.3) is 5.91 Å². The lowest BCUT2D eigenvalue weighted by atomic mass is 10.2. The maximum absolute atomic E-state index is 12.5. The molecule has 0 unspecified atom stereocenters. The van der Waals surface area contributed by atoms with E-state index >= 15 is 0 Å². The van der Waals surface area contributed by atoms with E-state index in [4.69, 9.17) is 4.74 Å². The van der Waals surface area contributed by atoms with E-state index in [0.29, 0.717) is 30.1 Å². The summed E-state index contributed by atoms with van der Waals surface area (Å²) in [6.07, 6.45) is 2.34. The Hall–Kier alpha value is -3.76. The lowest BCUT2D eigenvalue weighted by Crippen LogP contribution is -2.33. The summed E-state index contributed by atoms with van der Waals surface area (Å²) >= 11 is 0. The SMILES string of the molecule is CCN(CC)C(=O)Oc1ccc(C(=O)Nc2ccc(CNS(=O)(=O)c3cccnc3)cc2)cc1. The van der Waals surface area contributed by atoms with Crippen molar-refractivity contribution in [1.29, 1.82) is 0 Å². The van der Waals surface area contributed by atoms with Crippen LogP contribution in [0.2, 0.25) is 0 Å². The molecule has 0 aliphatic heterocycles. The van der Waals surface area contributed by atoms with Crippen molar-refractivity contribution in [3.05, 3.63) is 84.2 Å². The van der Waals surface area contributed by atoms with Gasteiger partial charge in [-0.15, -0.1) is 0 Å². The summed E-state index contributed by atoms with van der Waals surface area (Å²) in [4.78, 5) is 30.0. The largest absolute Gasteiger partial charge is 0.415 e. The minimum Gasteiger partial charge on any atom is -0.410 e. The van der Waals surface area contributed by atoms with Gasteiger partial charge in [0.05, 0.1) is 0 Å². The van der Waals surface area contributed by atoms with Crippen molar-refractivity contribution in [2.24, 2.45) is 0 Å². The second-order valence-corrected chi connectivity index (χ2v) is 9.00. The van der Waals surface area contributed by atoms with Gasteiger partial charge in [-0.3, -0.25) is 9.78 Å². The summed E-state index contributed by atoms with van der Waals surface area (Å²) in [5.74, 6) is 0.0261. The molecule has 2 N–H and O–H groups in total. The molecule has 1 heterocycles. The van der Waals surface area contributed by atoms with E-state index < -0.39 is 16.1 Å². The first-order valence-electron chi connectivity index (χ1n) is 10.7. The molecule has 178 valence electrons. The van der Waals surface area contributed by atoms with Gasteiger partial charge in [-0.1, -0.05) is 12.1 Å². The highest BCUT2D eigenvalue weighted by Crippen LogP contribution is 2.16. The number of anilines is 1. The van der Waals surface area contributed by atoms with Crippen molar-refractivity contribution in [3.63, 3.8) is 0 Å². The lowest BCUT2D eigenvalue weighted by molar-refractivity contribution is 0.102. The van der Waals surface area contributed by atoms with Crippen LogP contribution in [0, 0.1) is 0 Å². The molecule has 3 rings (SSSR count). The number of sulfonamides is 1. The van der Waals surface area contributed by atoms with Crippen LogP contribution in [0.5, 0.6) is 5.75 Å². The zero-order valence-electron chi connectivity index (χ0n) is 18.9. The van der Waals surface area contributed by atoms with E-state index in [2.05, 4.69) is 15.0 Å². The Labute approximate surface area is 198 Å². The Morgan fingerprint density at radius 2 is 1.65 bits per heavy atom. The Kier molecular flexibility index (Phi) is 8.34. The number of nitrogens with zero attached hydrogens (tertiary/aromatic N) is 2. The number of ether oxygens (including phenoxy) is 1. The third-order valence-corrected chi connectivity index (χ3v) is 6.35. The molecule has 0 aliphatic rings. The maximum Gasteiger partial charge on any atom is 0.415 e. The zero-order valence-corrected chi connectivity index (χ0v) is 19.7. The fraction of sp³-hybridized carbons (Fsp3) is 0.208. The Balaban J connectivity index is 1.55. The summed E-state index contributed by atoms with van der Waals surface area (Å²) in [7, 11) is -3.66. The number of hydrogen-bond donors (Lipinski definition) is 2. The average molecular weight is 483 g/mol. The zero-order chi connectivity index (χ0) is 24.6. The summed E-state index contributed by atoms with van der Waals surface area (Å²) in [5.41, 5.74) is 1.68. The smallest absolute Gasteiger partial charge is 0.410 e. The van der Waals surface area contributed by atoms with Crippen LogP contribution in [-0.2, 0) is 16.6 Å². The average Bonchev–Trinajstić information content (AvgIpc) is 2.85. The molecular weight excluding hydrogens is 456 g/mol. The number of amides is 2. The number of rotatable bonds is 9. The van der Waals surface area contributed by atoms with Crippen LogP contribution >= 0.6 is 0 Å². The van der Waals surface area contributed by atoms with Crippen molar-refractivity contribution in [2.75, 3.05) is 18.4 Å². The summed E-state index contributed by atoms with van der Waals surface area (Å²) in [5, 5.41) is 2.78. The Morgan fingerprint density at radius 3 is 2.24 bits per heavy atom. The number of carbonyl (C=O) groups is 2. The number of nitrogens with one attached hydrogen (secondary N) is 2. The van der Waals surface area contributed by atoms with Crippen LogP contribution in [-0.4, -0.2) is 43.4 Å². The van der Waals surface area contributed by atoms with Gasteiger partial charge in [-0.05, 0) is 67.9 Å². The van der Waals surface area contributed by atoms with Crippen LogP contribution < -0.4 is 14.8 Å². The second kappa shape index (κ2) is 11.4. The highest BCUT2D eigenvalue weighted by Gasteiger charge is 2.14. The molecule has 2 aromatic carbocycles. The molecule has 0 saturated heterocycles. The van der Waals surface area contributed by atoms with Gasteiger partial charge >= 0.3 is 6.09 Å². The standard InChI is InChI=1S/C24H26N4O5S/c1-3-28(4-2)24(30)33-21-13-9-19(10-14-21)23(29)27-20-11-7-18(8-12-20)16-26-34(31,32)22-6-5-15-25-17-22/h5-15,17,26H,3-4,16H2,1-2H3,(H,27,29). The monoisotopic (exact) mass is 482 g/mol. The molecule has 0 saturated carbocycles. The van der Waals surface area contributed by atoms with E-state index in [1.54, 1.807) is 59.5 Å². The minimum absolute atomic E-state index is 0.0905. The van der Waals surface area contributed by atoms with E-state index in [9.17, 15) is 18.0 Å². The van der Waals surface area contributed by atoms with Crippen molar-refractivity contribution >= 4 is 27.7 Å². The molecule has 0 atom stereocenters. The molecule has 9 nitrogen and oxygen atoms in total. The number of carbonyl (C=O) groups excluding carboxylic acids is 2. The minimum atomic E-state index is -3.66. The van der Waals surface area contributed by atoms with Crippen LogP contribution in [0.4, 0.5) is 10.5 Å². The fourth-order valence-electron chi connectivity index (χ4n) is 3.00. The highest BCUT2D eigenvalue weighted by atomic mass is 32.2. The molecule has 0 spiro atoms. The van der Waals surface area contributed by atoms with Crippen LogP contribution in [0.1, 0.15) is 29.8 Å². The first-order valence-corrected chi connectivity index (χ1v) is 12.2. The van der Waals surface area contributed by atoms with Gasteiger partial charge in [-0.2, -0.15) is 0 Å². The van der Waals surface area contributed by atoms with Gasteiger partial charge in [0.2, 0.25) is 10.0 Å². The Bertz CT molecular complexity index is 1210. The summed E-state index contributed by atoms with van der Waals surface area (Å²) in [6, 6.07) is 16.1. The van der Waals surface area contributed by atoms with Crippen molar-refractivity contribution < 1.29 is 22.7 Å². The van der Waals surface area contributed by atoms with Crippen LogP contribution in [0.15, 0.2) is 78.0 Å². The maximum atomic E-state index is 12.5. The predicted molar refractivity (Wildman–Crippen MR) is 128 cm³/mol. The molecule has 0 fully saturated rings. The van der Waals surface area contributed by atoms with Crippen molar-refractivity contribution in [3.8, 4) is 5.75 Å². The van der Waals surface area contributed by atoms with Gasteiger partial charge in [0, 0.05) is 43.3 Å². The highest BCUT2D eigenvalue weighted by molar-refractivity contribution is 7.89. The van der Waals surface area contributed by atoms with E-state index in [1.165, 1.54) is 18.5 Å².